The molecule has 0 aliphatic rings. The Bertz CT molecular complexity index is 592. The molecule has 4 heteroatoms. The smallest absolute Gasteiger partial charge is 0.100 e. The maximum absolute atomic E-state index is 9.04. The highest BCUT2D eigenvalue weighted by molar-refractivity contribution is 9.10. The minimum atomic E-state index is 0.634. The first kappa shape index (κ1) is 12.5. The summed E-state index contributed by atoms with van der Waals surface area (Å²) >= 11 is 11.0. The molecule has 1 nitrogen and oxygen atoms in total. The molecule has 2 aromatic rings. The SMILES string of the molecule is N#Cc1ccc(Cl)cc1Sc1ccccc1Br. The molecular weight excluding hydrogens is 318 g/mol. The van der Waals surface area contributed by atoms with Crippen molar-refractivity contribution in [3.63, 3.8) is 0 Å². The van der Waals surface area contributed by atoms with E-state index in [4.69, 9.17) is 16.9 Å². The molecule has 0 unspecified atom stereocenters. The van der Waals surface area contributed by atoms with E-state index in [0.29, 0.717) is 10.6 Å². The van der Waals surface area contributed by atoms with E-state index in [-0.39, 0.29) is 0 Å². The lowest BCUT2D eigenvalue weighted by molar-refractivity contribution is 1.34. The molecule has 0 spiro atoms. The third-order valence-electron chi connectivity index (χ3n) is 2.12. The average molecular weight is 325 g/mol. The fourth-order valence-electron chi connectivity index (χ4n) is 1.32. The molecule has 0 aliphatic carbocycles. The van der Waals surface area contributed by atoms with Gasteiger partial charge < -0.3 is 0 Å². The molecule has 2 aromatic carbocycles. The first-order valence-electron chi connectivity index (χ1n) is 4.83. The predicted octanol–water partition coefficient (Wildman–Crippen LogP) is 5.13. The van der Waals surface area contributed by atoms with Gasteiger partial charge in [0.25, 0.3) is 0 Å². The molecule has 0 atom stereocenters. The van der Waals surface area contributed by atoms with Crippen molar-refractivity contribution >= 4 is 39.3 Å². The molecule has 0 N–H and O–H groups in total. The summed E-state index contributed by atoms with van der Waals surface area (Å²) < 4.78 is 1.01. The van der Waals surface area contributed by atoms with Gasteiger partial charge >= 0.3 is 0 Å². The van der Waals surface area contributed by atoms with Crippen molar-refractivity contribution in [3.05, 3.63) is 57.5 Å². The van der Waals surface area contributed by atoms with Crippen LogP contribution in [-0.4, -0.2) is 0 Å². The highest BCUT2D eigenvalue weighted by Crippen LogP contribution is 2.36. The van der Waals surface area contributed by atoms with Crippen molar-refractivity contribution in [3.8, 4) is 6.07 Å². The van der Waals surface area contributed by atoms with Crippen LogP contribution in [0.5, 0.6) is 0 Å². The molecule has 0 fully saturated rings. The molecule has 17 heavy (non-hydrogen) atoms. The van der Waals surface area contributed by atoms with Gasteiger partial charge in [-0.2, -0.15) is 5.26 Å². The number of hydrogen-bond acceptors (Lipinski definition) is 2. The third kappa shape index (κ3) is 3.04. The maximum atomic E-state index is 9.04. The van der Waals surface area contributed by atoms with Crippen LogP contribution in [0.1, 0.15) is 5.56 Å². The topological polar surface area (TPSA) is 23.8 Å². The predicted molar refractivity (Wildman–Crippen MR) is 74.4 cm³/mol. The van der Waals surface area contributed by atoms with Gasteiger partial charge in [-0.25, -0.2) is 0 Å². The Morgan fingerprint density at radius 3 is 2.59 bits per heavy atom. The van der Waals surface area contributed by atoms with E-state index in [2.05, 4.69) is 22.0 Å². The van der Waals surface area contributed by atoms with E-state index >= 15 is 0 Å². The molecule has 0 saturated carbocycles. The van der Waals surface area contributed by atoms with Gasteiger partial charge in [-0.05, 0) is 46.3 Å². The molecule has 0 bridgehead atoms. The zero-order chi connectivity index (χ0) is 12.3. The van der Waals surface area contributed by atoms with Crippen LogP contribution in [0, 0.1) is 11.3 Å². The van der Waals surface area contributed by atoms with Crippen LogP contribution < -0.4 is 0 Å². The summed E-state index contributed by atoms with van der Waals surface area (Å²) in [7, 11) is 0. The van der Waals surface area contributed by atoms with E-state index in [9.17, 15) is 0 Å². The lowest BCUT2D eigenvalue weighted by Gasteiger charge is -2.06. The molecule has 0 aliphatic heterocycles. The second-order valence-electron chi connectivity index (χ2n) is 3.28. The van der Waals surface area contributed by atoms with E-state index in [1.165, 1.54) is 11.8 Å². The summed E-state index contributed by atoms with van der Waals surface area (Å²) in [6.45, 7) is 0. The first-order chi connectivity index (χ1) is 8.20. The van der Waals surface area contributed by atoms with Gasteiger partial charge in [0, 0.05) is 19.3 Å². The zero-order valence-electron chi connectivity index (χ0n) is 8.65. The quantitative estimate of drug-likeness (QED) is 0.765. The molecule has 2 rings (SSSR count). The highest BCUT2D eigenvalue weighted by atomic mass is 79.9. The number of nitrogens with zero attached hydrogens (tertiary/aromatic N) is 1. The van der Waals surface area contributed by atoms with Gasteiger partial charge in [0.2, 0.25) is 0 Å². The number of rotatable bonds is 2. The zero-order valence-corrected chi connectivity index (χ0v) is 11.8. The van der Waals surface area contributed by atoms with E-state index in [1.807, 2.05) is 30.3 Å². The highest BCUT2D eigenvalue weighted by Gasteiger charge is 2.07. The van der Waals surface area contributed by atoms with Gasteiger partial charge in [-0.3, -0.25) is 0 Å². The number of nitriles is 1. The van der Waals surface area contributed by atoms with Crippen molar-refractivity contribution in [1.29, 1.82) is 5.26 Å². The monoisotopic (exact) mass is 323 g/mol. The van der Waals surface area contributed by atoms with Crippen molar-refractivity contribution in [2.24, 2.45) is 0 Å². The Morgan fingerprint density at radius 1 is 1.12 bits per heavy atom. The molecule has 0 saturated heterocycles. The first-order valence-corrected chi connectivity index (χ1v) is 6.81. The normalized spacial score (nSPS) is 9.94. The van der Waals surface area contributed by atoms with E-state index < -0.39 is 0 Å². The molecule has 84 valence electrons. The van der Waals surface area contributed by atoms with Crippen LogP contribution in [-0.2, 0) is 0 Å². The number of hydrogen-bond donors (Lipinski definition) is 0. The van der Waals surface area contributed by atoms with Crippen molar-refractivity contribution in [1.82, 2.24) is 0 Å². The summed E-state index contributed by atoms with van der Waals surface area (Å²) in [5.41, 5.74) is 0.634. The van der Waals surface area contributed by atoms with Crippen LogP contribution in [0.25, 0.3) is 0 Å². The van der Waals surface area contributed by atoms with Crippen LogP contribution in [0.3, 0.4) is 0 Å². The summed E-state index contributed by atoms with van der Waals surface area (Å²) in [4.78, 5) is 1.93. The van der Waals surface area contributed by atoms with Crippen LogP contribution in [0.2, 0.25) is 5.02 Å². The molecule has 0 aromatic heterocycles. The minimum absolute atomic E-state index is 0.634. The summed E-state index contributed by atoms with van der Waals surface area (Å²) in [6, 6.07) is 15.3. The average Bonchev–Trinajstić information content (AvgIpc) is 2.32. The lowest BCUT2D eigenvalue weighted by atomic mass is 10.2. The van der Waals surface area contributed by atoms with Gasteiger partial charge in [0.15, 0.2) is 0 Å². The Balaban J connectivity index is 2.40. The fourth-order valence-corrected chi connectivity index (χ4v) is 3.04. The minimum Gasteiger partial charge on any atom is -0.192 e. The van der Waals surface area contributed by atoms with Crippen molar-refractivity contribution in [2.45, 2.75) is 9.79 Å². The van der Waals surface area contributed by atoms with Gasteiger partial charge in [-0.1, -0.05) is 35.5 Å². The molecule has 0 radical (unpaired) electrons. The fraction of sp³-hybridized carbons (Fsp3) is 0. The Labute approximate surface area is 118 Å². The Kier molecular flexibility index (Phi) is 4.11. The number of benzene rings is 2. The van der Waals surface area contributed by atoms with Crippen molar-refractivity contribution in [2.75, 3.05) is 0 Å². The molecule has 0 amide bonds. The largest absolute Gasteiger partial charge is 0.192 e. The van der Waals surface area contributed by atoms with Crippen LogP contribution >= 0.6 is 39.3 Å². The Morgan fingerprint density at radius 2 is 1.88 bits per heavy atom. The van der Waals surface area contributed by atoms with Gasteiger partial charge in [0.1, 0.15) is 6.07 Å². The van der Waals surface area contributed by atoms with Crippen LogP contribution in [0.15, 0.2) is 56.7 Å². The van der Waals surface area contributed by atoms with Crippen LogP contribution in [0.4, 0.5) is 0 Å². The lowest BCUT2D eigenvalue weighted by Crippen LogP contribution is -1.82. The second-order valence-corrected chi connectivity index (χ2v) is 5.66. The van der Waals surface area contributed by atoms with Crippen molar-refractivity contribution < 1.29 is 0 Å². The molecule has 0 heterocycles. The summed E-state index contributed by atoms with van der Waals surface area (Å²) in [5.74, 6) is 0. The molecular formula is C13H7BrClNS. The maximum Gasteiger partial charge on any atom is 0.100 e. The second kappa shape index (κ2) is 5.59. The summed E-state index contributed by atoms with van der Waals surface area (Å²) in [5, 5.41) is 9.68. The summed E-state index contributed by atoms with van der Waals surface area (Å²) in [6.07, 6.45) is 0. The Hall–Kier alpha value is -0.950. The third-order valence-corrected chi connectivity index (χ3v) is 4.44. The standard InChI is InChI=1S/C13H7BrClNS/c14-11-3-1-2-4-12(11)17-13-7-10(15)6-5-9(13)8-16/h1-7H. The van der Waals surface area contributed by atoms with E-state index in [0.717, 1.165) is 14.3 Å². The van der Waals surface area contributed by atoms with E-state index in [1.54, 1.807) is 12.1 Å². The number of halogens is 2. The van der Waals surface area contributed by atoms with Gasteiger partial charge in [0.05, 0.1) is 5.56 Å². The van der Waals surface area contributed by atoms with Gasteiger partial charge in [-0.15, -0.1) is 0 Å².